The van der Waals surface area contributed by atoms with Gasteiger partial charge in [-0.15, -0.1) is 0 Å². The summed E-state index contributed by atoms with van der Waals surface area (Å²) < 4.78 is 0. The lowest BCUT2D eigenvalue weighted by Crippen LogP contribution is -2.33. The van der Waals surface area contributed by atoms with E-state index in [1.54, 1.807) is 12.1 Å². The largest absolute Gasteiger partial charge is 0.510 e. The van der Waals surface area contributed by atoms with Crippen LogP contribution in [0.15, 0.2) is 41.8 Å². The fourth-order valence-corrected chi connectivity index (χ4v) is 2.77. The minimum atomic E-state index is -0.503. The highest BCUT2D eigenvalue weighted by Crippen LogP contribution is 2.38. The first-order chi connectivity index (χ1) is 9.83. The summed E-state index contributed by atoms with van der Waals surface area (Å²) in [6.07, 6.45) is 4.12. The summed E-state index contributed by atoms with van der Waals surface area (Å²) in [7, 11) is 0. The van der Waals surface area contributed by atoms with Gasteiger partial charge in [-0.25, -0.2) is 4.90 Å². The van der Waals surface area contributed by atoms with Crippen molar-refractivity contribution in [2.45, 2.75) is 20.3 Å². The highest BCUT2D eigenvalue weighted by atomic mass is 35.5. The van der Waals surface area contributed by atoms with E-state index < -0.39 is 17.2 Å². The van der Waals surface area contributed by atoms with Gasteiger partial charge in [0, 0.05) is 10.4 Å². The second-order valence-electron chi connectivity index (χ2n) is 5.86. The zero-order valence-corrected chi connectivity index (χ0v) is 12.4. The summed E-state index contributed by atoms with van der Waals surface area (Å²) in [4.78, 5) is 26.0. The van der Waals surface area contributed by atoms with Gasteiger partial charge in [0.15, 0.2) is 0 Å². The molecule has 1 aromatic carbocycles. The highest BCUT2D eigenvalue weighted by molar-refractivity contribution is 6.32. The van der Waals surface area contributed by atoms with E-state index >= 15 is 0 Å². The van der Waals surface area contributed by atoms with E-state index in [2.05, 4.69) is 0 Å². The molecule has 0 fully saturated rings. The predicted octanol–water partition coefficient (Wildman–Crippen LogP) is 3.69. The van der Waals surface area contributed by atoms with Gasteiger partial charge in [-0.1, -0.05) is 31.5 Å². The molecule has 0 aromatic heterocycles. The Morgan fingerprint density at radius 1 is 1.19 bits per heavy atom. The molecule has 0 saturated heterocycles. The minimum Gasteiger partial charge on any atom is -0.510 e. The molecule has 1 aromatic rings. The molecule has 1 heterocycles. The van der Waals surface area contributed by atoms with Gasteiger partial charge in [-0.2, -0.15) is 0 Å². The van der Waals surface area contributed by atoms with Gasteiger partial charge in [-0.05, 0) is 30.7 Å². The number of imide groups is 1. The molecule has 1 aliphatic carbocycles. The third-order valence-electron chi connectivity index (χ3n) is 3.88. The van der Waals surface area contributed by atoms with Crippen molar-refractivity contribution in [3.05, 3.63) is 58.0 Å². The molecule has 0 bridgehead atoms. The average molecular weight is 304 g/mol. The van der Waals surface area contributed by atoms with E-state index in [-0.39, 0.29) is 17.0 Å². The number of benzene rings is 1. The zero-order chi connectivity index (χ0) is 15.4. The zero-order valence-electron chi connectivity index (χ0n) is 11.7. The number of amides is 2. The standard InChI is InChI=1S/C16H14ClNO3/c1-16(2)7-3-4-12(13(16)19)18-14(20)10-6-5-9(17)8-11(10)15(18)21/h3-6,8,19H,7H2,1-2H3. The van der Waals surface area contributed by atoms with Crippen LogP contribution in [0.1, 0.15) is 41.0 Å². The Morgan fingerprint density at radius 2 is 1.86 bits per heavy atom. The van der Waals surface area contributed by atoms with Gasteiger partial charge in [0.1, 0.15) is 5.76 Å². The van der Waals surface area contributed by atoms with E-state index in [1.165, 1.54) is 12.1 Å². The summed E-state index contributed by atoms with van der Waals surface area (Å²) in [5, 5.41) is 10.8. The number of halogens is 1. The van der Waals surface area contributed by atoms with E-state index in [0.29, 0.717) is 17.0 Å². The number of allylic oxidation sites excluding steroid dienone is 3. The monoisotopic (exact) mass is 303 g/mol. The molecule has 1 aliphatic heterocycles. The number of carbonyl (C=O) groups excluding carboxylic acids is 2. The number of aliphatic hydroxyl groups excluding tert-OH is 1. The van der Waals surface area contributed by atoms with Crippen LogP contribution < -0.4 is 0 Å². The van der Waals surface area contributed by atoms with Crippen LogP contribution in [0, 0.1) is 5.41 Å². The summed E-state index contributed by atoms with van der Waals surface area (Å²) in [6.45, 7) is 3.72. The van der Waals surface area contributed by atoms with Crippen LogP contribution in [0.2, 0.25) is 5.02 Å². The molecular formula is C16H14ClNO3. The van der Waals surface area contributed by atoms with Crippen molar-refractivity contribution in [1.82, 2.24) is 4.90 Å². The molecule has 2 aliphatic rings. The third-order valence-corrected chi connectivity index (χ3v) is 4.11. The van der Waals surface area contributed by atoms with E-state index in [4.69, 9.17) is 11.6 Å². The lowest BCUT2D eigenvalue weighted by Gasteiger charge is -2.30. The third kappa shape index (κ3) is 1.98. The first-order valence-electron chi connectivity index (χ1n) is 6.61. The van der Waals surface area contributed by atoms with Crippen molar-refractivity contribution in [3.63, 3.8) is 0 Å². The molecule has 5 heteroatoms. The lowest BCUT2D eigenvalue weighted by molar-refractivity contribution is 0.0693. The maximum Gasteiger partial charge on any atom is 0.266 e. The molecule has 0 spiro atoms. The molecule has 0 radical (unpaired) electrons. The topological polar surface area (TPSA) is 57.6 Å². The second kappa shape index (κ2) is 4.46. The van der Waals surface area contributed by atoms with Crippen LogP contribution in [0.25, 0.3) is 0 Å². The Hall–Kier alpha value is -2.07. The number of aliphatic hydroxyl groups is 1. The van der Waals surface area contributed by atoms with Crippen molar-refractivity contribution in [2.75, 3.05) is 0 Å². The van der Waals surface area contributed by atoms with Crippen LogP contribution in [-0.4, -0.2) is 21.8 Å². The molecule has 4 nitrogen and oxygen atoms in total. The molecule has 0 atom stereocenters. The average Bonchev–Trinajstić information content (AvgIpc) is 2.65. The summed E-state index contributed by atoms with van der Waals surface area (Å²) in [5.74, 6) is -0.845. The summed E-state index contributed by atoms with van der Waals surface area (Å²) >= 11 is 5.89. The second-order valence-corrected chi connectivity index (χ2v) is 6.30. The SMILES string of the molecule is CC1(C)CC=CC(N2C(=O)c3ccc(Cl)cc3C2=O)=C1O. The fourth-order valence-electron chi connectivity index (χ4n) is 2.60. The van der Waals surface area contributed by atoms with Crippen LogP contribution in [0.3, 0.4) is 0 Å². The van der Waals surface area contributed by atoms with Gasteiger partial charge in [0.05, 0.1) is 16.8 Å². The molecule has 21 heavy (non-hydrogen) atoms. The fraction of sp³-hybridized carbons (Fsp3) is 0.250. The van der Waals surface area contributed by atoms with Gasteiger partial charge in [0.2, 0.25) is 0 Å². The highest BCUT2D eigenvalue weighted by Gasteiger charge is 2.41. The number of fused-ring (bicyclic) bond motifs is 1. The molecule has 3 rings (SSSR count). The van der Waals surface area contributed by atoms with Crippen LogP contribution >= 0.6 is 11.6 Å². The Labute approximate surface area is 127 Å². The molecule has 1 N–H and O–H groups in total. The number of hydrogen-bond acceptors (Lipinski definition) is 3. The number of carbonyl (C=O) groups is 2. The molecule has 0 unspecified atom stereocenters. The maximum absolute atomic E-state index is 12.5. The van der Waals surface area contributed by atoms with Gasteiger partial charge in [0.25, 0.3) is 11.8 Å². The molecule has 2 amide bonds. The molecule has 108 valence electrons. The van der Waals surface area contributed by atoms with E-state index in [1.807, 2.05) is 19.9 Å². The Kier molecular flexibility index (Phi) is 2.95. The van der Waals surface area contributed by atoms with E-state index in [9.17, 15) is 14.7 Å². The summed E-state index contributed by atoms with van der Waals surface area (Å²) in [6, 6.07) is 4.59. The maximum atomic E-state index is 12.5. The van der Waals surface area contributed by atoms with Crippen LogP contribution in [0.4, 0.5) is 0 Å². The minimum absolute atomic E-state index is 0.0469. The van der Waals surface area contributed by atoms with Crippen molar-refractivity contribution in [1.29, 1.82) is 0 Å². The lowest BCUT2D eigenvalue weighted by atomic mass is 9.82. The predicted molar refractivity (Wildman–Crippen MR) is 79.1 cm³/mol. The van der Waals surface area contributed by atoms with Crippen LogP contribution in [0.5, 0.6) is 0 Å². The Morgan fingerprint density at radius 3 is 2.57 bits per heavy atom. The smallest absolute Gasteiger partial charge is 0.266 e. The van der Waals surface area contributed by atoms with Crippen molar-refractivity contribution in [2.24, 2.45) is 5.41 Å². The number of rotatable bonds is 1. The number of nitrogens with zero attached hydrogens (tertiary/aromatic N) is 1. The first-order valence-corrected chi connectivity index (χ1v) is 6.99. The van der Waals surface area contributed by atoms with Gasteiger partial charge >= 0.3 is 0 Å². The van der Waals surface area contributed by atoms with Gasteiger partial charge in [-0.3, -0.25) is 9.59 Å². The Balaban J connectivity index is 2.13. The van der Waals surface area contributed by atoms with Crippen molar-refractivity contribution >= 4 is 23.4 Å². The molecular weight excluding hydrogens is 290 g/mol. The molecule has 0 saturated carbocycles. The van der Waals surface area contributed by atoms with Crippen molar-refractivity contribution in [3.8, 4) is 0 Å². The quantitative estimate of drug-likeness (QED) is 0.805. The van der Waals surface area contributed by atoms with E-state index in [0.717, 1.165) is 4.90 Å². The number of hydrogen-bond donors (Lipinski definition) is 1. The Bertz CT molecular complexity index is 731. The normalized spacial score (nSPS) is 20.2. The van der Waals surface area contributed by atoms with Crippen molar-refractivity contribution < 1.29 is 14.7 Å². The summed E-state index contributed by atoms with van der Waals surface area (Å²) in [5.41, 5.74) is 0.316. The van der Waals surface area contributed by atoms with Gasteiger partial charge < -0.3 is 5.11 Å². The first kappa shape index (κ1) is 13.9. The van der Waals surface area contributed by atoms with Crippen LogP contribution in [-0.2, 0) is 0 Å².